The molecule has 2 aromatic heterocycles. The van der Waals surface area contributed by atoms with E-state index in [2.05, 4.69) is 10.1 Å². The van der Waals surface area contributed by atoms with Gasteiger partial charge in [-0.15, -0.1) is 0 Å². The van der Waals surface area contributed by atoms with Crippen molar-refractivity contribution in [2.75, 3.05) is 14.2 Å². The van der Waals surface area contributed by atoms with Crippen LogP contribution in [0.3, 0.4) is 0 Å². The minimum absolute atomic E-state index is 0.253. The molecule has 0 spiro atoms. The van der Waals surface area contributed by atoms with Gasteiger partial charge in [0, 0.05) is 10.6 Å². The molecular formula is C16H14ClN3O3S. The normalized spacial score (nSPS) is 11.8. The summed E-state index contributed by atoms with van der Waals surface area (Å²) in [6.45, 7) is 1.84. The highest BCUT2D eigenvalue weighted by Gasteiger charge is 2.22. The van der Waals surface area contributed by atoms with E-state index in [1.165, 1.54) is 31.8 Å². The third-order valence-electron chi connectivity index (χ3n) is 3.42. The van der Waals surface area contributed by atoms with Gasteiger partial charge in [0.2, 0.25) is 4.96 Å². The maximum atomic E-state index is 11.9. The number of methoxy groups -OCH3 is 2. The molecule has 24 heavy (non-hydrogen) atoms. The number of hydrogen-bond donors (Lipinski definition) is 0. The Labute approximate surface area is 147 Å². The van der Waals surface area contributed by atoms with Crippen molar-refractivity contribution in [3.05, 3.63) is 46.9 Å². The number of esters is 1. The topological polar surface area (TPSA) is 65.7 Å². The first-order valence-corrected chi connectivity index (χ1v) is 8.18. The Kier molecular flexibility index (Phi) is 4.55. The van der Waals surface area contributed by atoms with Gasteiger partial charge in [-0.1, -0.05) is 35.1 Å². The molecule has 3 aromatic rings. The van der Waals surface area contributed by atoms with Crippen LogP contribution in [-0.2, 0) is 14.3 Å². The summed E-state index contributed by atoms with van der Waals surface area (Å²) in [6, 6.07) is 7.44. The Morgan fingerprint density at radius 2 is 2.00 bits per heavy atom. The van der Waals surface area contributed by atoms with Gasteiger partial charge in [-0.2, -0.15) is 5.10 Å². The molecule has 2 heterocycles. The van der Waals surface area contributed by atoms with Crippen LogP contribution in [-0.4, -0.2) is 34.8 Å². The Bertz CT molecular complexity index is 928. The fourth-order valence-electron chi connectivity index (χ4n) is 2.24. The van der Waals surface area contributed by atoms with Gasteiger partial charge in [-0.25, -0.2) is 14.3 Å². The fourth-order valence-corrected chi connectivity index (χ4v) is 3.32. The average molecular weight is 364 g/mol. The molecular weight excluding hydrogens is 350 g/mol. The number of aryl methyl sites for hydroxylation is 1. The SMILES string of the molecule is COC=C(C(=O)OC)c1nc2sc(-c3ccc(Cl)cc3)nn2c1C. The summed E-state index contributed by atoms with van der Waals surface area (Å²) < 4.78 is 11.5. The molecule has 0 bridgehead atoms. The van der Waals surface area contributed by atoms with Crippen LogP contribution in [0.15, 0.2) is 30.5 Å². The highest BCUT2D eigenvalue weighted by Crippen LogP contribution is 2.30. The number of benzene rings is 1. The van der Waals surface area contributed by atoms with Gasteiger partial charge in [-0.05, 0) is 19.1 Å². The van der Waals surface area contributed by atoms with E-state index in [0.717, 1.165) is 16.3 Å². The van der Waals surface area contributed by atoms with Crippen LogP contribution >= 0.6 is 22.9 Å². The number of imidazole rings is 1. The Hall–Kier alpha value is -2.38. The number of aromatic nitrogens is 3. The second kappa shape index (κ2) is 6.62. The average Bonchev–Trinajstić information content (AvgIpc) is 3.12. The highest BCUT2D eigenvalue weighted by molar-refractivity contribution is 7.19. The number of halogens is 1. The number of nitrogens with zero attached hydrogens (tertiary/aromatic N) is 3. The predicted octanol–water partition coefficient (Wildman–Crippen LogP) is 3.58. The van der Waals surface area contributed by atoms with E-state index in [9.17, 15) is 4.79 Å². The second-order valence-electron chi connectivity index (χ2n) is 4.91. The van der Waals surface area contributed by atoms with E-state index < -0.39 is 5.97 Å². The van der Waals surface area contributed by atoms with Gasteiger partial charge in [-0.3, -0.25) is 0 Å². The summed E-state index contributed by atoms with van der Waals surface area (Å²) in [6.07, 6.45) is 1.32. The van der Waals surface area contributed by atoms with E-state index in [-0.39, 0.29) is 5.57 Å². The monoisotopic (exact) mass is 363 g/mol. The second-order valence-corrected chi connectivity index (χ2v) is 6.31. The molecule has 0 aliphatic carbocycles. The molecule has 0 aliphatic rings. The lowest BCUT2D eigenvalue weighted by molar-refractivity contribution is -0.133. The largest absolute Gasteiger partial charge is 0.503 e. The molecule has 0 radical (unpaired) electrons. The van der Waals surface area contributed by atoms with Crippen molar-refractivity contribution in [3.63, 3.8) is 0 Å². The zero-order valence-electron chi connectivity index (χ0n) is 13.2. The molecule has 0 saturated heterocycles. The standard InChI is InChI=1S/C16H14ClN3O3S/c1-9-13(12(8-22-2)15(21)23-3)18-16-20(9)19-14(24-16)10-4-6-11(17)7-5-10/h4-8H,1-3H3. The third kappa shape index (κ3) is 2.88. The van der Waals surface area contributed by atoms with Gasteiger partial charge in [0.15, 0.2) is 0 Å². The van der Waals surface area contributed by atoms with Gasteiger partial charge in [0.25, 0.3) is 0 Å². The zero-order chi connectivity index (χ0) is 17.3. The molecule has 124 valence electrons. The van der Waals surface area contributed by atoms with Crippen molar-refractivity contribution >= 4 is 39.4 Å². The maximum Gasteiger partial charge on any atom is 0.343 e. The number of carbonyl (C=O) groups is 1. The van der Waals surface area contributed by atoms with Crippen molar-refractivity contribution in [1.82, 2.24) is 14.6 Å². The van der Waals surface area contributed by atoms with Gasteiger partial charge in [0.05, 0.1) is 26.2 Å². The lowest BCUT2D eigenvalue weighted by atomic mass is 10.2. The first-order valence-electron chi connectivity index (χ1n) is 6.99. The summed E-state index contributed by atoms with van der Waals surface area (Å²) in [4.78, 5) is 17.1. The summed E-state index contributed by atoms with van der Waals surface area (Å²) in [5.41, 5.74) is 2.43. The fraction of sp³-hybridized carbons (Fsp3) is 0.188. The third-order valence-corrected chi connectivity index (χ3v) is 4.62. The lowest BCUT2D eigenvalue weighted by Gasteiger charge is -2.03. The molecule has 0 fully saturated rings. The quantitative estimate of drug-likeness (QED) is 0.402. The van der Waals surface area contributed by atoms with E-state index in [1.54, 1.807) is 4.52 Å². The smallest absolute Gasteiger partial charge is 0.343 e. The molecule has 0 amide bonds. The van der Waals surface area contributed by atoms with Crippen molar-refractivity contribution in [2.24, 2.45) is 0 Å². The molecule has 3 rings (SSSR count). The van der Waals surface area contributed by atoms with Gasteiger partial charge >= 0.3 is 5.97 Å². The molecule has 0 atom stereocenters. The number of ether oxygens (including phenoxy) is 2. The molecule has 1 aromatic carbocycles. The van der Waals surface area contributed by atoms with E-state index >= 15 is 0 Å². The van der Waals surface area contributed by atoms with Crippen LogP contribution in [0, 0.1) is 6.92 Å². The minimum atomic E-state index is -0.511. The minimum Gasteiger partial charge on any atom is -0.503 e. The Morgan fingerprint density at radius 3 is 2.58 bits per heavy atom. The van der Waals surface area contributed by atoms with Crippen molar-refractivity contribution in [2.45, 2.75) is 6.92 Å². The van der Waals surface area contributed by atoms with E-state index in [4.69, 9.17) is 21.1 Å². The first-order chi connectivity index (χ1) is 11.5. The van der Waals surface area contributed by atoms with Crippen LogP contribution in [0.5, 0.6) is 0 Å². The first kappa shape index (κ1) is 16.5. The predicted molar refractivity (Wildman–Crippen MR) is 93.0 cm³/mol. The van der Waals surface area contributed by atoms with Crippen LogP contribution in [0.25, 0.3) is 21.1 Å². The van der Waals surface area contributed by atoms with Crippen LogP contribution < -0.4 is 0 Å². The van der Waals surface area contributed by atoms with Gasteiger partial charge < -0.3 is 9.47 Å². The van der Waals surface area contributed by atoms with Crippen LogP contribution in [0.1, 0.15) is 11.4 Å². The Morgan fingerprint density at radius 1 is 1.29 bits per heavy atom. The number of carbonyl (C=O) groups excluding carboxylic acids is 1. The molecule has 0 saturated carbocycles. The number of hydrogen-bond acceptors (Lipinski definition) is 6. The van der Waals surface area contributed by atoms with Crippen molar-refractivity contribution in [3.8, 4) is 10.6 Å². The van der Waals surface area contributed by atoms with E-state index in [1.807, 2.05) is 31.2 Å². The summed E-state index contributed by atoms with van der Waals surface area (Å²) in [5, 5.41) is 6.06. The summed E-state index contributed by atoms with van der Waals surface area (Å²) >= 11 is 7.34. The number of fused-ring (bicyclic) bond motifs is 1. The summed E-state index contributed by atoms with van der Waals surface area (Å²) in [7, 11) is 2.78. The molecule has 6 nitrogen and oxygen atoms in total. The lowest BCUT2D eigenvalue weighted by Crippen LogP contribution is -2.06. The van der Waals surface area contributed by atoms with Crippen molar-refractivity contribution < 1.29 is 14.3 Å². The molecule has 0 N–H and O–H groups in total. The van der Waals surface area contributed by atoms with Crippen LogP contribution in [0.2, 0.25) is 5.02 Å². The number of rotatable bonds is 4. The molecule has 8 heteroatoms. The molecule has 0 unspecified atom stereocenters. The zero-order valence-corrected chi connectivity index (χ0v) is 14.8. The van der Waals surface area contributed by atoms with Crippen molar-refractivity contribution in [1.29, 1.82) is 0 Å². The van der Waals surface area contributed by atoms with Gasteiger partial charge in [0.1, 0.15) is 16.3 Å². The maximum absolute atomic E-state index is 11.9. The van der Waals surface area contributed by atoms with E-state index in [0.29, 0.717) is 15.7 Å². The molecule has 0 aliphatic heterocycles. The Balaban J connectivity index is 2.07. The van der Waals surface area contributed by atoms with Crippen LogP contribution in [0.4, 0.5) is 0 Å². The highest BCUT2D eigenvalue weighted by atomic mass is 35.5. The summed E-state index contributed by atoms with van der Waals surface area (Å²) in [5.74, 6) is -0.511.